The van der Waals surface area contributed by atoms with Gasteiger partial charge < -0.3 is 0 Å². The Morgan fingerprint density at radius 3 is 2.25 bits per heavy atom. The van der Waals surface area contributed by atoms with Crippen molar-refractivity contribution in [2.75, 3.05) is 0 Å². The van der Waals surface area contributed by atoms with Gasteiger partial charge in [0.2, 0.25) is 0 Å². The average Bonchev–Trinajstić information content (AvgIpc) is 2.74. The van der Waals surface area contributed by atoms with Gasteiger partial charge in [-0.1, -0.05) is 42.5 Å². The third-order valence-corrected chi connectivity index (χ3v) is 3.45. The maximum absolute atomic E-state index is 12.3. The molecule has 2 aromatic carbocycles. The van der Waals surface area contributed by atoms with Crippen molar-refractivity contribution in [2.24, 2.45) is 7.05 Å². The number of ketones is 1. The number of nitrogens with zero attached hydrogens (tertiary/aromatic N) is 2. The van der Waals surface area contributed by atoms with Gasteiger partial charge in [-0.15, -0.1) is 0 Å². The van der Waals surface area contributed by atoms with Crippen molar-refractivity contribution in [1.29, 1.82) is 0 Å². The maximum atomic E-state index is 12.3. The second kappa shape index (κ2) is 4.81. The van der Waals surface area contributed by atoms with Crippen molar-refractivity contribution in [2.45, 2.75) is 6.54 Å². The number of fused-ring (bicyclic) bond motifs is 1. The number of imidazole rings is 1. The molecule has 0 saturated heterocycles. The summed E-state index contributed by atoms with van der Waals surface area (Å²) in [5.74, 6) is -0.0657. The van der Waals surface area contributed by atoms with Crippen LogP contribution in [0, 0.1) is 0 Å². The van der Waals surface area contributed by atoms with E-state index in [1.165, 1.54) is 4.57 Å². The first-order chi connectivity index (χ1) is 9.68. The van der Waals surface area contributed by atoms with Crippen LogP contribution < -0.4 is 5.69 Å². The molecule has 0 aliphatic carbocycles. The standard InChI is InChI=1S/C16H14N2O2/c1-17-13-9-5-6-10-14(13)18(16(17)20)11-15(19)12-7-3-2-4-8-12/h2-10H,11H2,1H3. The van der Waals surface area contributed by atoms with Crippen LogP contribution in [0.5, 0.6) is 0 Å². The monoisotopic (exact) mass is 266 g/mol. The number of aryl methyl sites for hydroxylation is 1. The SMILES string of the molecule is Cn1c(=O)n(CC(=O)c2ccccc2)c2ccccc21. The normalized spacial score (nSPS) is 10.8. The lowest BCUT2D eigenvalue weighted by Crippen LogP contribution is -2.25. The van der Waals surface area contributed by atoms with Gasteiger partial charge in [0, 0.05) is 12.6 Å². The van der Waals surface area contributed by atoms with E-state index in [1.54, 1.807) is 23.7 Å². The van der Waals surface area contributed by atoms with E-state index in [0.717, 1.165) is 11.0 Å². The molecular weight excluding hydrogens is 252 g/mol. The number of carbonyl (C=O) groups excluding carboxylic acids is 1. The minimum atomic E-state index is -0.171. The molecular formula is C16H14N2O2. The van der Waals surface area contributed by atoms with Crippen LogP contribution in [0.4, 0.5) is 0 Å². The van der Waals surface area contributed by atoms with E-state index in [2.05, 4.69) is 0 Å². The molecule has 4 nitrogen and oxygen atoms in total. The van der Waals surface area contributed by atoms with Crippen molar-refractivity contribution < 1.29 is 4.79 Å². The third kappa shape index (κ3) is 1.95. The predicted molar refractivity (Wildman–Crippen MR) is 78.0 cm³/mol. The van der Waals surface area contributed by atoms with Crippen molar-refractivity contribution in [1.82, 2.24) is 9.13 Å². The van der Waals surface area contributed by atoms with Crippen LogP contribution in [0.15, 0.2) is 59.4 Å². The zero-order valence-electron chi connectivity index (χ0n) is 11.1. The van der Waals surface area contributed by atoms with Crippen LogP contribution in [0.3, 0.4) is 0 Å². The fraction of sp³-hybridized carbons (Fsp3) is 0.125. The highest BCUT2D eigenvalue weighted by atomic mass is 16.2. The maximum Gasteiger partial charge on any atom is 0.329 e. The average molecular weight is 266 g/mol. The fourth-order valence-electron chi connectivity index (χ4n) is 2.37. The van der Waals surface area contributed by atoms with Gasteiger partial charge in [-0.25, -0.2) is 4.79 Å². The Morgan fingerprint density at radius 2 is 1.55 bits per heavy atom. The summed E-state index contributed by atoms with van der Waals surface area (Å²) in [6.45, 7) is 0.0597. The summed E-state index contributed by atoms with van der Waals surface area (Å²) < 4.78 is 3.08. The molecule has 1 aromatic heterocycles. The van der Waals surface area contributed by atoms with Crippen LogP contribution in [0.2, 0.25) is 0 Å². The van der Waals surface area contributed by atoms with Gasteiger partial charge in [0.1, 0.15) is 0 Å². The summed E-state index contributed by atoms with van der Waals surface area (Å²) in [5.41, 5.74) is 2.06. The van der Waals surface area contributed by atoms with E-state index in [9.17, 15) is 9.59 Å². The third-order valence-electron chi connectivity index (χ3n) is 3.45. The quantitative estimate of drug-likeness (QED) is 0.682. The highest BCUT2D eigenvalue weighted by Gasteiger charge is 2.13. The number of carbonyl (C=O) groups is 1. The second-order valence-electron chi connectivity index (χ2n) is 4.71. The minimum Gasteiger partial charge on any atom is -0.295 e. The number of hydrogen-bond acceptors (Lipinski definition) is 2. The number of para-hydroxylation sites is 2. The lowest BCUT2D eigenvalue weighted by Gasteiger charge is -2.02. The first-order valence-corrected chi connectivity index (χ1v) is 6.41. The molecule has 0 unspecified atom stereocenters. The van der Waals surface area contributed by atoms with Gasteiger partial charge >= 0.3 is 5.69 Å². The van der Waals surface area contributed by atoms with Crippen LogP contribution in [-0.4, -0.2) is 14.9 Å². The number of benzene rings is 2. The zero-order chi connectivity index (χ0) is 14.1. The molecule has 20 heavy (non-hydrogen) atoms. The number of rotatable bonds is 3. The molecule has 100 valence electrons. The topological polar surface area (TPSA) is 44.0 Å². The van der Waals surface area contributed by atoms with E-state index >= 15 is 0 Å². The molecule has 0 atom stereocenters. The molecule has 0 bridgehead atoms. The minimum absolute atomic E-state index is 0.0597. The highest BCUT2D eigenvalue weighted by molar-refractivity contribution is 5.96. The van der Waals surface area contributed by atoms with Gasteiger partial charge in [-0.2, -0.15) is 0 Å². The van der Waals surface area contributed by atoms with Crippen molar-refractivity contribution in [3.05, 3.63) is 70.6 Å². The van der Waals surface area contributed by atoms with Crippen LogP contribution in [0.1, 0.15) is 10.4 Å². The summed E-state index contributed by atoms with van der Waals surface area (Å²) >= 11 is 0. The van der Waals surface area contributed by atoms with Crippen LogP contribution >= 0.6 is 0 Å². The Hall–Kier alpha value is -2.62. The van der Waals surface area contributed by atoms with Gasteiger partial charge in [0.15, 0.2) is 5.78 Å². The van der Waals surface area contributed by atoms with Gasteiger partial charge in [0.05, 0.1) is 17.6 Å². The predicted octanol–water partition coefficient (Wildman–Crippen LogP) is 2.22. The Bertz CT molecular complexity index is 829. The highest BCUT2D eigenvalue weighted by Crippen LogP contribution is 2.12. The number of hydrogen-bond donors (Lipinski definition) is 0. The molecule has 0 N–H and O–H groups in total. The molecule has 0 saturated carbocycles. The Morgan fingerprint density at radius 1 is 0.950 bits per heavy atom. The summed E-state index contributed by atoms with van der Waals surface area (Å²) in [6.07, 6.45) is 0. The molecule has 0 aliphatic rings. The van der Waals surface area contributed by atoms with E-state index in [4.69, 9.17) is 0 Å². The Balaban J connectivity index is 2.06. The molecule has 1 heterocycles. The van der Waals surface area contributed by atoms with Crippen LogP contribution in [-0.2, 0) is 13.6 Å². The van der Waals surface area contributed by atoms with Crippen molar-refractivity contribution >= 4 is 16.8 Å². The molecule has 0 spiro atoms. The van der Waals surface area contributed by atoms with E-state index in [1.807, 2.05) is 42.5 Å². The smallest absolute Gasteiger partial charge is 0.295 e. The molecule has 4 heteroatoms. The van der Waals surface area contributed by atoms with Crippen LogP contribution in [0.25, 0.3) is 11.0 Å². The first kappa shape index (κ1) is 12.4. The Kier molecular flexibility index (Phi) is 2.99. The lowest BCUT2D eigenvalue weighted by molar-refractivity contribution is 0.0972. The van der Waals surface area contributed by atoms with E-state index < -0.39 is 0 Å². The fourth-order valence-corrected chi connectivity index (χ4v) is 2.37. The lowest BCUT2D eigenvalue weighted by atomic mass is 10.1. The largest absolute Gasteiger partial charge is 0.329 e. The molecule has 0 aliphatic heterocycles. The van der Waals surface area contributed by atoms with Gasteiger partial charge in [-0.3, -0.25) is 13.9 Å². The van der Waals surface area contributed by atoms with Gasteiger partial charge in [0.25, 0.3) is 0 Å². The molecule has 0 radical (unpaired) electrons. The number of Topliss-reactive ketones (excluding diaryl/α,β-unsaturated/α-hetero) is 1. The van der Waals surface area contributed by atoms with Gasteiger partial charge in [-0.05, 0) is 12.1 Å². The molecule has 3 aromatic rings. The van der Waals surface area contributed by atoms with E-state index in [-0.39, 0.29) is 18.0 Å². The summed E-state index contributed by atoms with van der Waals surface area (Å²) in [4.78, 5) is 24.5. The second-order valence-corrected chi connectivity index (χ2v) is 4.71. The summed E-state index contributed by atoms with van der Waals surface area (Å²) in [6, 6.07) is 16.5. The summed E-state index contributed by atoms with van der Waals surface area (Å²) in [7, 11) is 1.72. The van der Waals surface area contributed by atoms with E-state index in [0.29, 0.717) is 5.56 Å². The van der Waals surface area contributed by atoms with Crippen molar-refractivity contribution in [3.63, 3.8) is 0 Å². The molecule has 3 rings (SSSR count). The van der Waals surface area contributed by atoms with Crippen molar-refractivity contribution in [3.8, 4) is 0 Å². The Labute approximate surface area is 115 Å². The molecule has 0 fully saturated rings. The first-order valence-electron chi connectivity index (χ1n) is 6.41. The number of aromatic nitrogens is 2. The molecule has 0 amide bonds. The summed E-state index contributed by atoms with van der Waals surface area (Å²) in [5, 5.41) is 0. The zero-order valence-corrected chi connectivity index (χ0v) is 11.1.